The Hall–Kier alpha value is -2.23. The van der Waals surface area contributed by atoms with Crippen molar-refractivity contribution in [2.24, 2.45) is 0 Å². The Morgan fingerprint density at radius 2 is 2.03 bits per heavy atom. The molecule has 3 heterocycles. The first-order chi connectivity index (χ1) is 14.6. The summed E-state index contributed by atoms with van der Waals surface area (Å²) in [6.07, 6.45) is 5.87. The first-order valence-electron chi connectivity index (χ1n) is 10.7. The molecule has 2 fully saturated rings. The van der Waals surface area contributed by atoms with E-state index < -0.39 is 6.17 Å². The molecule has 2 aliphatic rings. The first kappa shape index (κ1) is 19.7. The van der Waals surface area contributed by atoms with Gasteiger partial charge in [-0.1, -0.05) is 11.6 Å². The fourth-order valence-electron chi connectivity index (χ4n) is 5.07. The van der Waals surface area contributed by atoms with Crippen LogP contribution in [-0.4, -0.2) is 33.4 Å². The third kappa shape index (κ3) is 3.55. The number of fused-ring (bicyclic) bond motifs is 3. The number of nitriles is 1. The van der Waals surface area contributed by atoms with E-state index in [1.807, 2.05) is 24.4 Å². The van der Waals surface area contributed by atoms with Crippen molar-refractivity contribution >= 4 is 33.5 Å². The van der Waals surface area contributed by atoms with E-state index >= 15 is 0 Å². The number of alkyl halides is 1. The lowest BCUT2D eigenvalue weighted by molar-refractivity contribution is -0.00238. The van der Waals surface area contributed by atoms with Crippen LogP contribution in [-0.2, 0) is 4.74 Å². The fourth-order valence-corrected chi connectivity index (χ4v) is 5.25. The van der Waals surface area contributed by atoms with E-state index in [-0.39, 0.29) is 18.1 Å². The number of nitrogens with zero attached hydrogens (tertiary/aromatic N) is 4. The Bertz CT molecular complexity index is 1120. The minimum Gasteiger partial charge on any atom is -0.377 e. The van der Waals surface area contributed by atoms with E-state index in [9.17, 15) is 4.39 Å². The normalized spacial score (nSPS) is 27.4. The summed E-state index contributed by atoms with van der Waals surface area (Å²) >= 11 is 6.34. The minimum absolute atomic E-state index is 0.0719. The van der Waals surface area contributed by atoms with E-state index in [0.717, 1.165) is 53.4 Å². The number of halogens is 2. The highest BCUT2D eigenvalue weighted by molar-refractivity contribution is 6.31. The molecule has 2 atom stereocenters. The SMILES string of the molecule is N#CCC1CC(n2c3c(cnc4ccc(Cl)cc43)nc2[C@H]2CC[C@@H](F)CC2)CCO1. The van der Waals surface area contributed by atoms with Crippen LogP contribution in [0, 0.1) is 11.3 Å². The monoisotopic (exact) mass is 426 g/mol. The van der Waals surface area contributed by atoms with Gasteiger partial charge in [0.2, 0.25) is 0 Å². The summed E-state index contributed by atoms with van der Waals surface area (Å²) in [6.45, 7) is 0.622. The zero-order valence-corrected chi connectivity index (χ0v) is 17.5. The Morgan fingerprint density at radius 1 is 1.20 bits per heavy atom. The summed E-state index contributed by atoms with van der Waals surface area (Å²) in [6, 6.07) is 8.17. The minimum atomic E-state index is -0.705. The Morgan fingerprint density at radius 3 is 2.83 bits per heavy atom. The molecule has 5 rings (SSSR count). The van der Waals surface area contributed by atoms with Crippen LogP contribution in [0.1, 0.15) is 62.7 Å². The van der Waals surface area contributed by atoms with Crippen molar-refractivity contribution < 1.29 is 9.13 Å². The second kappa shape index (κ2) is 8.13. The van der Waals surface area contributed by atoms with Gasteiger partial charge in [-0.15, -0.1) is 0 Å². The number of rotatable bonds is 3. The van der Waals surface area contributed by atoms with Crippen molar-refractivity contribution in [1.29, 1.82) is 5.26 Å². The van der Waals surface area contributed by atoms with Crippen LogP contribution < -0.4 is 0 Å². The van der Waals surface area contributed by atoms with E-state index in [0.29, 0.717) is 30.9 Å². The molecule has 7 heteroatoms. The fraction of sp³-hybridized carbons (Fsp3) is 0.522. The molecule has 1 saturated carbocycles. The van der Waals surface area contributed by atoms with Crippen LogP contribution in [0.25, 0.3) is 21.9 Å². The number of pyridine rings is 1. The summed E-state index contributed by atoms with van der Waals surface area (Å²) in [5, 5.41) is 10.8. The Labute approximate surface area is 179 Å². The van der Waals surface area contributed by atoms with Crippen LogP contribution in [0.4, 0.5) is 4.39 Å². The quantitative estimate of drug-likeness (QED) is 0.525. The molecule has 1 aliphatic heterocycles. The van der Waals surface area contributed by atoms with Gasteiger partial charge in [0.05, 0.1) is 35.8 Å². The van der Waals surface area contributed by atoms with Crippen LogP contribution in [0.2, 0.25) is 5.02 Å². The predicted molar refractivity (Wildman–Crippen MR) is 114 cm³/mol. The molecule has 1 aliphatic carbocycles. The third-order valence-corrected chi connectivity index (χ3v) is 6.79. The van der Waals surface area contributed by atoms with Gasteiger partial charge in [-0.2, -0.15) is 5.26 Å². The van der Waals surface area contributed by atoms with Gasteiger partial charge in [0.25, 0.3) is 0 Å². The van der Waals surface area contributed by atoms with Crippen molar-refractivity contribution in [2.75, 3.05) is 6.61 Å². The molecule has 0 bridgehead atoms. The number of hydrogen-bond donors (Lipinski definition) is 0. The van der Waals surface area contributed by atoms with Gasteiger partial charge in [-0.25, -0.2) is 9.37 Å². The first-order valence-corrected chi connectivity index (χ1v) is 11.1. The highest BCUT2D eigenvalue weighted by Gasteiger charge is 2.32. The standard InChI is InChI=1S/C23H24ClFN4O/c24-15-3-6-20-19(11-15)22-21(13-27-20)28-23(14-1-4-16(25)5-2-14)29(22)17-8-10-30-18(12-17)7-9-26/h3,6,11,13-14,16-18H,1-2,4-5,7-8,10,12H2/t14-,16+,17?,18?. The van der Waals surface area contributed by atoms with Gasteiger partial charge in [0, 0.05) is 29.0 Å². The van der Waals surface area contributed by atoms with E-state index in [1.165, 1.54) is 0 Å². The summed E-state index contributed by atoms with van der Waals surface area (Å²) in [5.41, 5.74) is 2.78. The van der Waals surface area contributed by atoms with Crippen molar-refractivity contribution in [2.45, 2.75) is 69.2 Å². The van der Waals surface area contributed by atoms with E-state index in [4.69, 9.17) is 26.6 Å². The Balaban J connectivity index is 1.69. The molecule has 0 N–H and O–H groups in total. The maximum atomic E-state index is 13.8. The molecule has 2 aromatic heterocycles. The molecular weight excluding hydrogens is 403 g/mol. The molecule has 1 saturated heterocycles. The second-order valence-corrected chi connectivity index (χ2v) is 8.91. The van der Waals surface area contributed by atoms with Crippen LogP contribution in [0.5, 0.6) is 0 Å². The zero-order chi connectivity index (χ0) is 20.7. The second-order valence-electron chi connectivity index (χ2n) is 8.48. The van der Waals surface area contributed by atoms with Crippen molar-refractivity contribution in [3.8, 4) is 6.07 Å². The lowest BCUT2D eigenvalue weighted by Crippen LogP contribution is -2.29. The molecule has 1 aromatic carbocycles. The molecule has 0 spiro atoms. The van der Waals surface area contributed by atoms with E-state index in [1.54, 1.807) is 0 Å². The van der Waals surface area contributed by atoms with Crippen LogP contribution in [0.15, 0.2) is 24.4 Å². The smallest absolute Gasteiger partial charge is 0.113 e. The molecule has 3 aromatic rings. The maximum Gasteiger partial charge on any atom is 0.113 e. The van der Waals surface area contributed by atoms with Crippen molar-refractivity contribution in [1.82, 2.24) is 14.5 Å². The van der Waals surface area contributed by atoms with Gasteiger partial charge in [0.15, 0.2) is 0 Å². The lowest BCUT2D eigenvalue weighted by atomic mass is 9.87. The maximum absolute atomic E-state index is 13.8. The summed E-state index contributed by atoms with van der Waals surface area (Å²) in [4.78, 5) is 9.61. The molecule has 0 amide bonds. The molecule has 5 nitrogen and oxygen atoms in total. The molecule has 156 valence electrons. The third-order valence-electron chi connectivity index (χ3n) is 6.55. The number of ether oxygens (including phenoxy) is 1. The van der Waals surface area contributed by atoms with Gasteiger partial charge in [0.1, 0.15) is 17.5 Å². The highest BCUT2D eigenvalue weighted by atomic mass is 35.5. The van der Waals surface area contributed by atoms with Gasteiger partial charge >= 0.3 is 0 Å². The largest absolute Gasteiger partial charge is 0.377 e. The lowest BCUT2D eigenvalue weighted by Gasteiger charge is -2.33. The van der Waals surface area contributed by atoms with Gasteiger partial charge in [-0.05, 0) is 56.7 Å². The molecule has 2 unspecified atom stereocenters. The Kier molecular flexibility index (Phi) is 5.34. The average Bonchev–Trinajstić information content (AvgIpc) is 3.15. The summed E-state index contributed by atoms with van der Waals surface area (Å²) in [7, 11) is 0. The summed E-state index contributed by atoms with van der Waals surface area (Å²) < 4.78 is 22.0. The predicted octanol–water partition coefficient (Wildman–Crippen LogP) is 5.87. The number of aromatic nitrogens is 3. The molecule has 0 radical (unpaired) electrons. The molecular formula is C23H24ClFN4O. The highest BCUT2D eigenvalue weighted by Crippen LogP contribution is 2.40. The van der Waals surface area contributed by atoms with Crippen molar-refractivity contribution in [3.05, 3.63) is 35.2 Å². The topological polar surface area (TPSA) is 63.7 Å². The number of imidazole rings is 1. The van der Waals surface area contributed by atoms with Crippen LogP contribution >= 0.6 is 11.6 Å². The number of hydrogen-bond acceptors (Lipinski definition) is 4. The summed E-state index contributed by atoms with van der Waals surface area (Å²) in [5.74, 6) is 1.25. The van der Waals surface area contributed by atoms with Crippen molar-refractivity contribution in [3.63, 3.8) is 0 Å². The van der Waals surface area contributed by atoms with Gasteiger partial charge < -0.3 is 9.30 Å². The molecule has 30 heavy (non-hydrogen) atoms. The van der Waals surface area contributed by atoms with Crippen LogP contribution in [0.3, 0.4) is 0 Å². The van der Waals surface area contributed by atoms with E-state index in [2.05, 4.69) is 15.6 Å². The average molecular weight is 427 g/mol. The number of benzene rings is 1. The van der Waals surface area contributed by atoms with Gasteiger partial charge in [-0.3, -0.25) is 4.98 Å². The zero-order valence-electron chi connectivity index (χ0n) is 16.7.